The third-order valence-electron chi connectivity index (χ3n) is 3.77. The van der Waals surface area contributed by atoms with Gasteiger partial charge in [0.15, 0.2) is 0 Å². The van der Waals surface area contributed by atoms with Crippen molar-refractivity contribution in [3.05, 3.63) is 0 Å². The summed E-state index contributed by atoms with van der Waals surface area (Å²) < 4.78 is 37.9. The summed E-state index contributed by atoms with van der Waals surface area (Å²) in [4.78, 5) is 11.7. The van der Waals surface area contributed by atoms with Gasteiger partial charge in [0.25, 0.3) is 0 Å². The summed E-state index contributed by atoms with van der Waals surface area (Å²) in [5, 5.41) is 2.72. The standard InChI is InChI=1S/C13H23F3N2O/c1-9(8-17)5-6-12(19)18-11-4-2-3-10(7-11)13(14,15)16/h9-11H,2-8,17H2,1H3,(H,18,19). The van der Waals surface area contributed by atoms with E-state index < -0.39 is 12.1 Å². The first-order valence-corrected chi connectivity index (χ1v) is 6.89. The van der Waals surface area contributed by atoms with Crippen LogP contribution < -0.4 is 11.1 Å². The van der Waals surface area contributed by atoms with Crippen molar-refractivity contribution < 1.29 is 18.0 Å². The van der Waals surface area contributed by atoms with Crippen LogP contribution in [0.2, 0.25) is 0 Å². The summed E-state index contributed by atoms with van der Waals surface area (Å²) >= 11 is 0. The van der Waals surface area contributed by atoms with Crippen molar-refractivity contribution in [1.29, 1.82) is 0 Å². The van der Waals surface area contributed by atoms with Gasteiger partial charge in [-0.25, -0.2) is 0 Å². The summed E-state index contributed by atoms with van der Waals surface area (Å²) in [6.45, 7) is 2.47. The van der Waals surface area contributed by atoms with E-state index in [0.29, 0.717) is 32.2 Å². The predicted molar refractivity (Wildman–Crippen MR) is 67.4 cm³/mol. The summed E-state index contributed by atoms with van der Waals surface area (Å²) in [7, 11) is 0. The molecule has 112 valence electrons. The Morgan fingerprint density at radius 3 is 2.68 bits per heavy atom. The average Bonchev–Trinajstić information content (AvgIpc) is 2.35. The second kappa shape index (κ2) is 7.12. The van der Waals surface area contributed by atoms with Crippen LogP contribution in [0.15, 0.2) is 0 Å². The maximum absolute atomic E-state index is 12.6. The Kier molecular flexibility index (Phi) is 6.10. The van der Waals surface area contributed by atoms with E-state index in [2.05, 4.69) is 5.32 Å². The summed E-state index contributed by atoms with van der Waals surface area (Å²) in [5.74, 6) is -1.16. The number of nitrogens with two attached hydrogens (primary N) is 1. The van der Waals surface area contributed by atoms with E-state index in [1.807, 2.05) is 6.92 Å². The molecule has 1 aliphatic carbocycles. The maximum Gasteiger partial charge on any atom is 0.391 e. The first-order valence-electron chi connectivity index (χ1n) is 6.89. The molecule has 1 amide bonds. The van der Waals surface area contributed by atoms with Gasteiger partial charge < -0.3 is 11.1 Å². The summed E-state index contributed by atoms with van der Waals surface area (Å²) in [6.07, 6.45) is -1.76. The van der Waals surface area contributed by atoms with Crippen LogP contribution in [-0.2, 0) is 4.79 Å². The zero-order valence-electron chi connectivity index (χ0n) is 11.3. The number of nitrogens with one attached hydrogen (secondary N) is 1. The summed E-state index contributed by atoms with van der Waals surface area (Å²) in [5.41, 5.74) is 5.45. The monoisotopic (exact) mass is 280 g/mol. The normalized spacial score (nSPS) is 25.9. The van der Waals surface area contributed by atoms with E-state index in [0.717, 1.165) is 0 Å². The third kappa shape index (κ3) is 5.80. The van der Waals surface area contributed by atoms with Crippen LogP contribution in [0.1, 0.15) is 45.4 Å². The Morgan fingerprint density at radius 1 is 1.42 bits per heavy atom. The minimum Gasteiger partial charge on any atom is -0.353 e. The van der Waals surface area contributed by atoms with E-state index >= 15 is 0 Å². The number of hydrogen-bond donors (Lipinski definition) is 2. The van der Waals surface area contributed by atoms with Crippen molar-refractivity contribution in [2.45, 2.75) is 57.7 Å². The second-order valence-electron chi connectivity index (χ2n) is 5.55. The molecule has 0 aliphatic heterocycles. The lowest BCUT2D eigenvalue weighted by atomic mass is 9.85. The van der Waals surface area contributed by atoms with E-state index in [4.69, 9.17) is 5.73 Å². The molecule has 0 aromatic rings. The van der Waals surface area contributed by atoms with Gasteiger partial charge in [0.1, 0.15) is 0 Å². The van der Waals surface area contributed by atoms with Gasteiger partial charge in [0.05, 0.1) is 5.92 Å². The van der Waals surface area contributed by atoms with Gasteiger partial charge in [-0.15, -0.1) is 0 Å². The molecular weight excluding hydrogens is 257 g/mol. The topological polar surface area (TPSA) is 55.1 Å². The largest absolute Gasteiger partial charge is 0.391 e. The molecule has 0 heterocycles. The minimum absolute atomic E-state index is 0.0156. The number of halogens is 3. The van der Waals surface area contributed by atoms with Crippen molar-refractivity contribution in [1.82, 2.24) is 5.32 Å². The maximum atomic E-state index is 12.6. The van der Waals surface area contributed by atoms with Crippen LogP contribution in [0.5, 0.6) is 0 Å². The lowest BCUT2D eigenvalue weighted by Crippen LogP contribution is -2.41. The molecule has 6 heteroatoms. The Bertz CT molecular complexity index is 294. The van der Waals surface area contributed by atoms with Gasteiger partial charge in [0.2, 0.25) is 5.91 Å². The van der Waals surface area contributed by atoms with Gasteiger partial charge in [-0.2, -0.15) is 13.2 Å². The summed E-state index contributed by atoms with van der Waals surface area (Å²) in [6, 6.07) is -0.332. The molecule has 0 saturated heterocycles. The van der Waals surface area contributed by atoms with Crippen LogP contribution in [-0.4, -0.2) is 24.7 Å². The molecule has 3 unspecified atom stereocenters. The highest BCUT2D eigenvalue weighted by atomic mass is 19.4. The molecule has 1 fully saturated rings. The number of hydrogen-bond acceptors (Lipinski definition) is 2. The Morgan fingerprint density at radius 2 is 2.11 bits per heavy atom. The van der Waals surface area contributed by atoms with Crippen molar-refractivity contribution in [2.75, 3.05) is 6.54 Å². The van der Waals surface area contributed by atoms with Gasteiger partial charge in [-0.05, 0) is 38.1 Å². The van der Waals surface area contributed by atoms with Crippen LogP contribution in [0.25, 0.3) is 0 Å². The molecule has 0 spiro atoms. The molecule has 1 aliphatic rings. The van der Waals surface area contributed by atoms with Crippen molar-refractivity contribution >= 4 is 5.91 Å². The van der Waals surface area contributed by atoms with Crippen LogP contribution >= 0.6 is 0 Å². The fourth-order valence-electron chi connectivity index (χ4n) is 2.41. The Labute approximate surface area is 112 Å². The smallest absolute Gasteiger partial charge is 0.353 e. The van der Waals surface area contributed by atoms with Crippen molar-refractivity contribution in [3.8, 4) is 0 Å². The first kappa shape index (κ1) is 16.3. The zero-order valence-corrected chi connectivity index (χ0v) is 11.3. The third-order valence-corrected chi connectivity index (χ3v) is 3.77. The highest BCUT2D eigenvalue weighted by Crippen LogP contribution is 2.37. The number of carbonyl (C=O) groups is 1. The lowest BCUT2D eigenvalue weighted by molar-refractivity contribution is -0.184. The molecule has 1 saturated carbocycles. The minimum atomic E-state index is -4.14. The quantitative estimate of drug-likeness (QED) is 0.813. The van der Waals surface area contributed by atoms with Gasteiger partial charge in [-0.3, -0.25) is 4.79 Å². The van der Waals surface area contributed by atoms with Crippen LogP contribution in [0.4, 0.5) is 13.2 Å². The van der Waals surface area contributed by atoms with Crippen molar-refractivity contribution in [3.63, 3.8) is 0 Å². The molecule has 0 aromatic heterocycles. The number of carbonyl (C=O) groups excluding carboxylic acids is 1. The molecule has 0 bridgehead atoms. The van der Waals surface area contributed by atoms with E-state index in [-0.39, 0.29) is 30.7 Å². The molecule has 3 N–H and O–H groups in total. The lowest BCUT2D eigenvalue weighted by Gasteiger charge is -2.31. The fourth-order valence-corrected chi connectivity index (χ4v) is 2.41. The predicted octanol–water partition coefficient (Wildman–Crippen LogP) is 2.60. The fraction of sp³-hybridized carbons (Fsp3) is 0.923. The molecule has 1 rings (SSSR count). The van der Waals surface area contributed by atoms with Crippen LogP contribution in [0, 0.1) is 11.8 Å². The van der Waals surface area contributed by atoms with Gasteiger partial charge >= 0.3 is 6.18 Å². The SMILES string of the molecule is CC(CN)CCC(=O)NC1CCCC(C(F)(F)F)C1. The van der Waals surface area contributed by atoms with Gasteiger partial charge in [-0.1, -0.05) is 13.3 Å². The van der Waals surface area contributed by atoms with E-state index in [1.165, 1.54) is 0 Å². The van der Waals surface area contributed by atoms with E-state index in [9.17, 15) is 18.0 Å². The van der Waals surface area contributed by atoms with Gasteiger partial charge in [0, 0.05) is 12.5 Å². The average molecular weight is 280 g/mol. The Hall–Kier alpha value is -0.780. The molecule has 3 atom stereocenters. The highest BCUT2D eigenvalue weighted by molar-refractivity contribution is 5.76. The van der Waals surface area contributed by atoms with E-state index in [1.54, 1.807) is 0 Å². The van der Waals surface area contributed by atoms with Crippen LogP contribution in [0.3, 0.4) is 0 Å². The molecular formula is C13H23F3N2O. The molecule has 0 radical (unpaired) electrons. The molecule has 0 aromatic carbocycles. The molecule has 19 heavy (non-hydrogen) atoms. The number of rotatable bonds is 5. The number of amides is 1. The number of alkyl halides is 3. The Balaban J connectivity index is 2.34. The van der Waals surface area contributed by atoms with Crippen molar-refractivity contribution in [2.24, 2.45) is 17.6 Å². The molecule has 3 nitrogen and oxygen atoms in total. The first-order chi connectivity index (χ1) is 8.82. The second-order valence-corrected chi connectivity index (χ2v) is 5.55. The highest BCUT2D eigenvalue weighted by Gasteiger charge is 2.42. The zero-order chi connectivity index (χ0) is 14.5.